The molecule has 4 aromatic rings. The molecule has 0 unspecified atom stereocenters. The van der Waals surface area contributed by atoms with Gasteiger partial charge in [-0.1, -0.05) is 54.6 Å². The van der Waals surface area contributed by atoms with Crippen molar-refractivity contribution in [1.29, 1.82) is 0 Å². The molecule has 138 valence electrons. The maximum absolute atomic E-state index is 5.81. The van der Waals surface area contributed by atoms with Gasteiger partial charge in [-0.25, -0.2) is 4.98 Å². The largest absolute Gasteiger partial charge is 0.325 e. The van der Waals surface area contributed by atoms with E-state index in [1.54, 1.807) is 0 Å². The number of benzene rings is 2. The number of nitrogens with two attached hydrogens (primary N) is 1. The molecule has 0 aliphatic rings. The van der Waals surface area contributed by atoms with Gasteiger partial charge < -0.3 is 5.73 Å². The first-order chi connectivity index (χ1) is 13.7. The molecular formula is C25H24N3+. The van der Waals surface area contributed by atoms with Crippen molar-refractivity contribution in [3.63, 3.8) is 0 Å². The molecule has 2 N–H and O–H groups in total. The van der Waals surface area contributed by atoms with Crippen molar-refractivity contribution in [2.24, 2.45) is 5.73 Å². The Hall–Kier alpha value is -3.30. The SMILES string of the molecule is Cc1ccnc(-c2cc(/C=C/c3cccc4ccccc34)cc[n+]2CCN)c1. The van der Waals surface area contributed by atoms with Crippen molar-refractivity contribution in [2.75, 3.05) is 6.54 Å². The number of nitrogens with zero attached hydrogens (tertiary/aromatic N) is 2. The minimum absolute atomic E-state index is 0.592. The third-order valence-electron chi connectivity index (χ3n) is 4.89. The zero-order valence-electron chi connectivity index (χ0n) is 16.0. The molecule has 3 nitrogen and oxygen atoms in total. The molecule has 0 aliphatic carbocycles. The minimum atomic E-state index is 0.592. The average Bonchev–Trinajstić information content (AvgIpc) is 2.73. The molecule has 4 rings (SSSR count). The number of aromatic nitrogens is 2. The second-order valence-electron chi connectivity index (χ2n) is 6.95. The smallest absolute Gasteiger partial charge is 0.231 e. The van der Waals surface area contributed by atoms with Crippen LogP contribution < -0.4 is 10.3 Å². The van der Waals surface area contributed by atoms with Gasteiger partial charge in [-0.15, -0.1) is 0 Å². The monoisotopic (exact) mass is 366 g/mol. The molecule has 2 heterocycles. The van der Waals surface area contributed by atoms with Crippen LogP contribution in [0.1, 0.15) is 16.7 Å². The van der Waals surface area contributed by atoms with Crippen LogP contribution in [-0.4, -0.2) is 11.5 Å². The van der Waals surface area contributed by atoms with Crippen LogP contribution in [0.2, 0.25) is 0 Å². The summed E-state index contributed by atoms with van der Waals surface area (Å²) in [5.74, 6) is 0. The number of fused-ring (bicyclic) bond motifs is 1. The molecule has 0 aliphatic heterocycles. The Morgan fingerprint density at radius 2 is 1.82 bits per heavy atom. The van der Waals surface area contributed by atoms with Gasteiger partial charge in [0.25, 0.3) is 0 Å². The summed E-state index contributed by atoms with van der Waals surface area (Å²) >= 11 is 0. The van der Waals surface area contributed by atoms with Gasteiger partial charge in [-0.3, -0.25) is 0 Å². The zero-order valence-corrected chi connectivity index (χ0v) is 16.0. The van der Waals surface area contributed by atoms with Crippen LogP contribution in [-0.2, 0) is 6.54 Å². The second-order valence-corrected chi connectivity index (χ2v) is 6.95. The van der Waals surface area contributed by atoms with Crippen LogP contribution in [0.25, 0.3) is 34.3 Å². The third-order valence-corrected chi connectivity index (χ3v) is 4.89. The molecule has 2 aromatic heterocycles. The lowest BCUT2D eigenvalue weighted by atomic mass is 10.0. The third kappa shape index (κ3) is 3.85. The Kier molecular flexibility index (Phi) is 5.27. The molecular weight excluding hydrogens is 342 g/mol. The summed E-state index contributed by atoms with van der Waals surface area (Å²) in [4.78, 5) is 4.57. The number of hydrogen-bond donors (Lipinski definition) is 1. The van der Waals surface area contributed by atoms with Crippen LogP contribution >= 0.6 is 0 Å². The van der Waals surface area contributed by atoms with Crippen molar-refractivity contribution in [3.05, 3.63) is 95.8 Å². The zero-order chi connectivity index (χ0) is 19.3. The van der Waals surface area contributed by atoms with E-state index in [0.717, 1.165) is 23.5 Å². The highest BCUT2D eigenvalue weighted by Crippen LogP contribution is 2.21. The molecule has 2 aromatic carbocycles. The van der Waals surface area contributed by atoms with Crippen LogP contribution in [0.3, 0.4) is 0 Å². The fourth-order valence-corrected chi connectivity index (χ4v) is 3.46. The van der Waals surface area contributed by atoms with E-state index < -0.39 is 0 Å². The van der Waals surface area contributed by atoms with Gasteiger partial charge in [0.05, 0.1) is 6.54 Å². The Balaban J connectivity index is 1.74. The van der Waals surface area contributed by atoms with Crippen molar-refractivity contribution in [1.82, 2.24) is 4.98 Å². The van der Waals surface area contributed by atoms with Crippen LogP contribution in [0.4, 0.5) is 0 Å². The normalized spacial score (nSPS) is 11.4. The summed E-state index contributed by atoms with van der Waals surface area (Å²) in [6.45, 7) is 3.44. The van der Waals surface area contributed by atoms with E-state index in [-0.39, 0.29) is 0 Å². The van der Waals surface area contributed by atoms with Crippen LogP contribution in [0.15, 0.2) is 79.1 Å². The molecule has 28 heavy (non-hydrogen) atoms. The maximum Gasteiger partial charge on any atom is 0.231 e. The summed E-state index contributed by atoms with van der Waals surface area (Å²) in [5, 5.41) is 2.51. The lowest BCUT2D eigenvalue weighted by molar-refractivity contribution is -0.683. The van der Waals surface area contributed by atoms with E-state index in [9.17, 15) is 0 Å². The Morgan fingerprint density at radius 1 is 0.964 bits per heavy atom. The minimum Gasteiger partial charge on any atom is -0.325 e. The number of hydrogen-bond acceptors (Lipinski definition) is 2. The number of pyridine rings is 2. The summed E-state index contributed by atoms with van der Waals surface area (Å²) in [6.07, 6.45) is 8.29. The van der Waals surface area contributed by atoms with Gasteiger partial charge in [0.2, 0.25) is 5.69 Å². The van der Waals surface area contributed by atoms with Crippen LogP contribution in [0.5, 0.6) is 0 Å². The van der Waals surface area contributed by atoms with E-state index in [1.807, 2.05) is 12.3 Å². The highest BCUT2D eigenvalue weighted by molar-refractivity contribution is 5.92. The van der Waals surface area contributed by atoms with Crippen molar-refractivity contribution in [3.8, 4) is 11.4 Å². The lowest BCUT2D eigenvalue weighted by Crippen LogP contribution is -2.39. The van der Waals surface area contributed by atoms with Gasteiger partial charge in [-0.05, 0) is 46.5 Å². The predicted molar refractivity (Wildman–Crippen MR) is 117 cm³/mol. The van der Waals surface area contributed by atoms with Crippen molar-refractivity contribution in [2.45, 2.75) is 13.5 Å². The molecule has 0 atom stereocenters. The molecule has 0 saturated heterocycles. The maximum atomic E-state index is 5.81. The molecule has 0 bridgehead atoms. The van der Waals surface area contributed by atoms with Gasteiger partial charge >= 0.3 is 0 Å². The first-order valence-corrected chi connectivity index (χ1v) is 9.57. The predicted octanol–water partition coefficient (Wildman–Crippen LogP) is 4.63. The van der Waals surface area contributed by atoms with Crippen molar-refractivity contribution >= 4 is 22.9 Å². The highest BCUT2D eigenvalue weighted by Gasteiger charge is 2.14. The van der Waals surface area contributed by atoms with E-state index >= 15 is 0 Å². The average molecular weight is 366 g/mol. The Morgan fingerprint density at radius 3 is 2.68 bits per heavy atom. The highest BCUT2D eigenvalue weighted by atomic mass is 15.0. The number of aryl methyl sites for hydroxylation is 1. The fraction of sp³-hybridized carbons (Fsp3) is 0.120. The topological polar surface area (TPSA) is 42.8 Å². The van der Waals surface area contributed by atoms with E-state index in [4.69, 9.17) is 5.73 Å². The Bertz CT molecular complexity index is 1140. The molecule has 0 saturated carbocycles. The Labute approximate surface area is 165 Å². The quantitative estimate of drug-likeness (QED) is 0.524. The number of rotatable bonds is 5. The standard InChI is InChI=1S/C25H24N3/c1-19-11-14-27-24(17-19)25-18-20(12-15-28(25)16-13-26)9-10-22-7-4-6-21-5-2-3-8-23(21)22/h2-12,14-15,17-18H,13,16,26H2,1H3/q+1/b10-9+. The summed E-state index contributed by atoms with van der Waals surface area (Å²) < 4.78 is 2.16. The van der Waals surface area contributed by atoms with Gasteiger partial charge in [0, 0.05) is 18.3 Å². The van der Waals surface area contributed by atoms with E-state index in [1.165, 1.54) is 21.9 Å². The van der Waals surface area contributed by atoms with Gasteiger partial charge in [0.1, 0.15) is 5.69 Å². The second kappa shape index (κ2) is 8.15. The molecule has 0 fully saturated rings. The van der Waals surface area contributed by atoms with Gasteiger partial charge in [-0.2, -0.15) is 4.57 Å². The molecule has 0 amide bonds. The molecule has 3 heteroatoms. The lowest BCUT2D eigenvalue weighted by Gasteiger charge is -2.05. The van der Waals surface area contributed by atoms with Gasteiger partial charge in [0.15, 0.2) is 12.7 Å². The first kappa shape index (κ1) is 18.1. The summed E-state index contributed by atoms with van der Waals surface area (Å²) in [7, 11) is 0. The fourth-order valence-electron chi connectivity index (χ4n) is 3.46. The van der Waals surface area contributed by atoms with Crippen molar-refractivity contribution < 1.29 is 4.57 Å². The van der Waals surface area contributed by atoms with E-state index in [0.29, 0.717) is 6.54 Å². The first-order valence-electron chi connectivity index (χ1n) is 9.57. The molecule has 0 spiro atoms. The summed E-state index contributed by atoms with van der Waals surface area (Å²) in [6, 6.07) is 23.3. The van der Waals surface area contributed by atoms with Crippen LogP contribution in [0, 0.1) is 6.92 Å². The molecule has 0 radical (unpaired) electrons. The van der Waals surface area contributed by atoms with E-state index in [2.05, 4.69) is 95.5 Å². The summed E-state index contributed by atoms with van der Waals surface area (Å²) in [5.41, 5.74) is 11.4.